The van der Waals surface area contributed by atoms with Gasteiger partial charge in [-0.2, -0.15) is 0 Å². The van der Waals surface area contributed by atoms with Crippen LogP contribution in [0.1, 0.15) is 19.4 Å². The minimum absolute atomic E-state index is 0.333. The molecule has 4 nitrogen and oxygen atoms in total. The molecule has 0 aromatic heterocycles. The van der Waals surface area contributed by atoms with Crippen LogP contribution in [0.15, 0.2) is 30.3 Å². The quantitative estimate of drug-likeness (QED) is 0.763. The molecule has 0 aliphatic heterocycles. The normalized spacial score (nSPS) is 13.6. The molecule has 0 fully saturated rings. The molecule has 0 aliphatic rings. The van der Waals surface area contributed by atoms with Crippen molar-refractivity contribution >= 4 is 7.60 Å². The van der Waals surface area contributed by atoms with Gasteiger partial charge in [-0.1, -0.05) is 30.3 Å². The van der Waals surface area contributed by atoms with E-state index in [0.717, 1.165) is 5.56 Å². The van der Waals surface area contributed by atoms with Crippen LogP contribution in [0.25, 0.3) is 0 Å². The zero-order valence-electron chi connectivity index (χ0n) is 10.3. The van der Waals surface area contributed by atoms with Gasteiger partial charge in [0.2, 0.25) is 0 Å². The monoisotopic (exact) mass is 257 g/mol. The highest BCUT2D eigenvalue weighted by Crippen LogP contribution is 2.51. The lowest BCUT2D eigenvalue weighted by Crippen LogP contribution is -2.25. The summed E-state index contributed by atoms with van der Waals surface area (Å²) in [5, 5.41) is 0. The second kappa shape index (κ2) is 6.92. The second-order valence-corrected chi connectivity index (χ2v) is 5.89. The summed E-state index contributed by atoms with van der Waals surface area (Å²) in [5.74, 6) is -0.621. The molecule has 1 rings (SSSR count). The van der Waals surface area contributed by atoms with Gasteiger partial charge >= 0.3 is 7.60 Å². The van der Waals surface area contributed by atoms with Crippen LogP contribution in [-0.2, 0) is 20.0 Å². The maximum absolute atomic E-state index is 12.3. The van der Waals surface area contributed by atoms with Gasteiger partial charge in [-0.25, -0.2) is 0 Å². The van der Waals surface area contributed by atoms with Crippen LogP contribution in [0.5, 0.6) is 0 Å². The average Bonchev–Trinajstić information content (AvgIpc) is 2.31. The zero-order valence-corrected chi connectivity index (χ0v) is 11.2. The van der Waals surface area contributed by atoms with Crippen molar-refractivity contribution in [1.82, 2.24) is 0 Å². The molecular formula is C12H20NO3P. The molecular weight excluding hydrogens is 237 g/mol. The Kier molecular flexibility index (Phi) is 5.86. The molecule has 0 radical (unpaired) electrons. The average molecular weight is 257 g/mol. The van der Waals surface area contributed by atoms with E-state index < -0.39 is 13.4 Å². The van der Waals surface area contributed by atoms with Crippen LogP contribution in [-0.4, -0.2) is 19.0 Å². The maximum atomic E-state index is 12.3. The minimum Gasteiger partial charge on any atom is -0.317 e. The Balaban J connectivity index is 2.72. The third kappa shape index (κ3) is 4.25. The molecule has 96 valence electrons. The molecule has 0 amide bonds. The van der Waals surface area contributed by atoms with Crippen LogP contribution in [0.4, 0.5) is 0 Å². The van der Waals surface area contributed by atoms with Gasteiger partial charge in [0, 0.05) is 0 Å². The Morgan fingerprint density at radius 2 is 1.71 bits per heavy atom. The Hall–Kier alpha value is -0.670. The molecule has 1 aromatic rings. The molecule has 5 heteroatoms. The summed E-state index contributed by atoms with van der Waals surface area (Å²) in [5.41, 5.74) is 6.97. The second-order valence-electron chi connectivity index (χ2n) is 3.63. The largest absolute Gasteiger partial charge is 0.347 e. The summed E-state index contributed by atoms with van der Waals surface area (Å²) in [6, 6.07) is 9.67. The lowest BCUT2D eigenvalue weighted by atomic mass is 10.2. The van der Waals surface area contributed by atoms with Gasteiger partial charge in [0.1, 0.15) is 5.78 Å². The summed E-state index contributed by atoms with van der Waals surface area (Å²) >= 11 is 0. The minimum atomic E-state index is -3.20. The van der Waals surface area contributed by atoms with Crippen molar-refractivity contribution in [1.29, 1.82) is 0 Å². The molecule has 0 heterocycles. The van der Waals surface area contributed by atoms with E-state index in [1.54, 1.807) is 13.8 Å². The predicted octanol–water partition coefficient (Wildman–Crippen LogP) is 2.78. The first-order chi connectivity index (χ1) is 8.12. The number of rotatable bonds is 7. The third-order valence-electron chi connectivity index (χ3n) is 2.31. The molecule has 0 aliphatic carbocycles. The van der Waals surface area contributed by atoms with E-state index in [1.807, 2.05) is 30.3 Å². The van der Waals surface area contributed by atoms with Crippen molar-refractivity contribution in [3.8, 4) is 0 Å². The summed E-state index contributed by atoms with van der Waals surface area (Å²) in [6.45, 7) is 4.22. The number of benzene rings is 1. The molecule has 17 heavy (non-hydrogen) atoms. The highest BCUT2D eigenvalue weighted by molar-refractivity contribution is 7.54. The maximum Gasteiger partial charge on any atom is 0.347 e. The summed E-state index contributed by atoms with van der Waals surface area (Å²) in [4.78, 5) is 0. The molecule has 0 saturated carbocycles. The smallest absolute Gasteiger partial charge is 0.317 e. The summed E-state index contributed by atoms with van der Waals surface area (Å²) < 4.78 is 22.8. The summed E-state index contributed by atoms with van der Waals surface area (Å²) in [6.07, 6.45) is 0.484. The lowest BCUT2D eigenvalue weighted by Gasteiger charge is -2.23. The van der Waals surface area contributed by atoms with Crippen molar-refractivity contribution in [2.45, 2.75) is 26.1 Å². The van der Waals surface area contributed by atoms with Crippen molar-refractivity contribution in [2.75, 3.05) is 13.2 Å². The summed E-state index contributed by atoms with van der Waals surface area (Å²) in [7, 11) is -3.20. The van der Waals surface area contributed by atoms with E-state index in [9.17, 15) is 4.57 Å². The number of nitrogens with two attached hydrogens (primary N) is 1. The Morgan fingerprint density at radius 3 is 2.18 bits per heavy atom. The zero-order chi connectivity index (χ0) is 12.7. The highest BCUT2D eigenvalue weighted by atomic mass is 31.2. The van der Waals surface area contributed by atoms with E-state index in [0.29, 0.717) is 19.6 Å². The fourth-order valence-corrected chi connectivity index (χ4v) is 3.17. The molecule has 0 spiro atoms. The standard InChI is InChI=1S/C12H20NO3P/c1-3-15-17(14,16-4-2)12(13)10-11-8-6-5-7-9-11/h5-9,12H,3-4,10,13H2,1-2H3/t12-/m1/s1. The van der Waals surface area contributed by atoms with Crippen LogP contribution in [0.2, 0.25) is 0 Å². The van der Waals surface area contributed by atoms with E-state index in [1.165, 1.54) is 0 Å². The van der Waals surface area contributed by atoms with E-state index in [-0.39, 0.29) is 0 Å². The molecule has 0 bridgehead atoms. The highest BCUT2D eigenvalue weighted by Gasteiger charge is 2.32. The first-order valence-electron chi connectivity index (χ1n) is 5.80. The lowest BCUT2D eigenvalue weighted by molar-refractivity contribution is 0.212. The van der Waals surface area contributed by atoms with Gasteiger partial charge < -0.3 is 14.8 Å². The first kappa shape index (κ1) is 14.4. The van der Waals surface area contributed by atoms with Crippen molar-refractivity contribution in [3.05, 3.63) is 35.9 Å². The first-order valence-corrected chi connectivity index (χ1v) is 7.42. The van der Waals surface area contributed by atoms with Gasteiger partial charge in [0.05, 0.1) is 13.2 Å². The molecule has 0 unspecified atom stereocenters. The molecule has 1 aromatic carbocycles. The van der Waals surface area contributed by atoms with Crippen LogP contribution >= 0.6 is 7.60 Å². The van der Waals surface area contributed by atoms with Gasteiger partial charge in [-0.05, 0) is 25.8 Å². The Bertz CT molecular complexity index is 359. The predicted molar refractivity (Wildman–Crippen MR) is 69.0 cm³/mol. The SMILES string of the molecule is CCOP(=O)(OCC)[C@@H](N)Cc1ccccc1. The van der Waals surface area contributed by atoms with Crippen molar-refractivity contribution in [3.63, 3.8) is 0 Å². The van der Waals surface area contributed by atoms with Crippen LogP contribution in [0.3, 0.4) is 0 Å². The fraction of sp³-hybridized carbons (Fsp3) is 0.500. The van der Waals surface area contributed by atoms with Crippen molar-refractivity contribution in [2.24, 2.45) is 5.73 Å². The van der Waals surface area contributed by atoms with E-state index in [2.05, 4.69) is 0 Å². The van der Waals surface area contributed by atoms with Crippen LogP contribution < -0.4 is 5.73 Å². The number of hydrogen-bond acceptors (Lipinski definition) is 4. The topological polar surface area (TPSA) is 61.5 Å². The fourth-order valence-electron chi connectivity index (χ4n) is 1.56. The molecule has 1 atom stereocenters. The van der Waals surface area contributed by atoms with Gasteiger partial charge in [0.25, 0.3) is 0 Å². The molecule has 2 N–H and O–H groups in total. The van der Waals surface area contributed by atoms with Gasteiger partial charge in [-0.15, -0.1) is 0 Å². The van der Waals surface area contributed by atoms with E-state index >= 15 is 0 Å². The van der Waals surface area contributed by atoms with Gasteiger partial charge in [-0.3, -0.25) is 4.57 Å². The Labute approximate surface area is 103 Å². The Morgan fingerprint density at radius 1 is 1.18 bits per heavy atom. The van der Waals surface area contributed by atoms with E-state index in [4.69, 9.17) is 14.8 Å². The van der Waals surface area contributed by atoms with Crippen LogP contribution in [0, 0.1) is 0 Å². The third-order valence-corrected chi connectivity index (χ3v) is 4.54. The van der Waals surface area contributed by atoms with Gasteiger partial charge in [0.15, 0.2) is 0 Å². The molecule has 0 saturated heterocycles. The van der Waals surface area contributed by atoms with Crippen molar-refractivity contribution < 1.29 is 13.6 Å². The number of hydrogen-bond donors (Lipinski definition) is 1.